The molecule has 0 aromatic heterocycles. The molecule has 21 heavy (non-hydrogen) atoms. The lowest BCUT2D eigenvalue weighted by Crippen LogP contribution is -2.50. The van der Waals surface area contributed by atoms with E-state index in [9.17, 15) is 8.42 Å². The highest BCUT2D eigenvalue weighted by atomic mass is 35.5. The van der Waals surface area contributed by atoms with Crippen LogP contribution in [0.5, 0.6) is 5.75 Å². The molecule has 1 saturated heterocycles. The molecule has 0 unspecified atom stereocenters. The van der Waals surface area contributed by atoms with E-state index < -0.39 is 9.84 Å². The predicted molar refractivity (Wildman–Crippen MR) is 86.2 cm³/mol. The third-order valence-corrected chi connectivity index (χ3v) is 4.67. The Morgan fingerprint density at radius 2 is 2.00 bits per heavy atom. The third-order valence-electron chi connectivity index (χ3n) is 3.54. The lowest BCUT2D eigenvalue weighted by molar-refractivity contribution is 0.143. The number of nitrogens with zero attached hydrogens (tertiary/aromatic N) is 1. The first kappa shape index (κ1) is 18.2. The molecular formula is C14H23ClN2O3S. The molecule has 1 aromatic rings. The summed E-state index contributed by atoms with van der Waals surface area (Å²) in [7, 11) is -3.14. The second-order valence-corrected chi connectivity index (χ2v) is 7.20. The molecular weight excluding hydrogens is 312 g/mol. The first-order valence-electron chi connectivity index (χ1n) is 6.84. The molecule has 1 N–H and O–H groups in total. The summed E-state index contributed by atoms with van der Waals surface area (Å²) >= 11 is 0. The summed E-state index contributed by atoms with van der Waals surface area (Å²) in [6.45, 7) is 6.78. The molecule has 0 amide bonds. The van der Waals surface area contributed by atoms with Gasteiger partial charge in [-0.3, -0.25) is 4.90 Å². The van der Waals surface area contributed by atoms with Crippen LogP contribution in [0.4, 0.5) is 0 Å². The molecule has 7 heteroatoms. The van der Waals surface area contributed by atoms with Crippen LogP contribution in [0.2, 0.25) is 0 Å². The number of sulfone groups is 1. The molecule has 0 aliphatic carbocycles. The van der Waals surface area contributed by atoms with Crippen LogP contribution in [0.25, 0.3) is 0 Å². The second kappa shape index (κ2) is 7.98. The Bertz CT molecular complexity index is 534. The molecule has 0 bridgehead atoms. The molecule has 120 valence electrons. The van der Waals surface area contributed by atoms with Gasteiger partial charge in [0.2, 0.25) is 0 Å². The summed E-state index contributed by atoms with van der Waals surface area (Å²) in [6.07, 6.45) is 1.20. The number of nitrogens with one attached hydrogen (secondary N) is 1. The molecule has 1 atom stereocenters. The Kier molecular flexibility index (Phi) is 6.93. The van der Waals surface area contributed by atoms with Gasteiger partial charge in [-0.2, -0.15) is 0 Å². The normalized spacial score (nSPS) is 19.8. The zero-order chi connectivity index (χ0) is 14.6. The van der Waals surface area contributed by atoms with Crippen LogP contribution < -0.4 is 10.1 Å². The van der Waals surface area contributed by atoms with E-state index in [-0.39, 0.29) is 12.4 Å². The minimum absolute atomic E-state index is 0. The van der Waals surface area contributed by atoms with Crippen molar-refractivity contribution in [2.75, 3.05) is 39.0 Å². The van der Waals surface area contributed by atoms with Crippen LogP contribution in [-0.2, 0) is 9.84 Å². The Hall–Kier alpha value is -0.820. The largest absolute Gasteiger partial charge is 0.492 e. The van der Waals surface area contributed by atoms with Gasteiger partial charge in [0.05, 0.1) is 4.90 Å². The van der Waals surface area contributed by atoms with Gasteiger partial charge in [-0.1, -0.05) is 0 Å². The van der Waals surface area contributed by atoms with Gasteiger partial charge in [0.15, 0.2) is 9.84 Å². The van der Waals surface area contributed by atoms with Crippen molar-refractivity contribution in [1.82, 2.24) is 10.2 Å². The van der Waals surface area contributed by atoms with E-state index in [0.29, 0.717) is 23.3 Å². The predicted octanol–water partition coefficient (Wildman–Crippen LogP) is 1.18. The van der Waals surface area contributed by atoms with Crippen molar-refractivity contribution in [3.05, 3.63) is 24.3 Å². The average molecular weight is 335 g/mol. The van der Waals surface area contributed by atoms with Crippen LogP contribution in [0.1, 0.15) is 6.92 Å². The molecule has 0 radical (unpaired) electrons. The molecule has 1 aliphatic heterocycles. The fourth-order valence-electron chi connectivity index (χ4n) is 2.28. The summed E-state index contributed by atoms with van der Waals surface area (Å²) in [4.78, 5) is 2.71. The number of halogens is 1. The lowest BCUT2D eigenvalue weighted by Gasteiger charge is -2.33. The molecule has 1 fully saturated rings. The summed E-state index contributed by atoms with van der Waals surface area (Å²) in [5, 5.41) is 3.35. The molecule has 1 aliphatic rings. The fraction of sp³-hybridized carbons (Fsp3) is 0.571. The van der Waals surface area contributed by atoms with Crippen molar-refractivity contribution >= 4 is 22.2 Å². The summed E-state index contributed by atoms with van der Waals surface area (Å²) < 4.78 is 28.4. The third kappa shape index (κ3) is 5.47. The van der Waals surface area contributed by atoms with Crippen molar-refractivity contribution in [3.8, 4) is 5.75 Å². The minimum Gasteiger partial charge on any atom is -0.492 e. The number of benzene rings is 1. The SMILES string of the molecule is C[C@@H]1CNCCN1CCOc1ccc(S(C)(=O)=O)cc1.Cl. The standard InChI is InChI=1S/C14H22N2O3S.ClH/c1-12-11-15-7-8-16(12)9-10-19-13-3-5-14(6-4-13)20(2,17)18;/h3-6,12,15H,7-11H2,1-2H3;1H/t12-;/m1./s1. The van der Waals surface area contributed by atoms with Crippen molar-refractivity contribution in [1.29, 1.82) is 0 Å². The van der Waals surface area contributed by atoms with Gasteiger partial charge in [-0.25, -0.2) is 8.42 Å². The maximum Gasteiger partial charge on any atom is 0.175 e. The lowest BCUT2D eigenvalue weighted by atomic mass is 10.2. The number of hydrogen-bond acceptors (Lipinski definition) is 5. The maximum absolute atomic E-state index is 11.3. The first-order valence-corrected chi connectivity index (χ1v) is 8.73. The maximum atomic E-state index is 11.3. The van der Waals surface area contributed by atoms with Crippen molar-refractivity contribution in [3.63, 3.8) is 0 Å². The van der Waals surface area contributed by atoms with Gasteiger partial charge in [0.1, 0.15) is 12.4 Å². The van der Waals surface area contributed by atoms with Gasteiger partial charge < -0.3 is 10.1 Å². The van der Waals surface area contributed by atoms with Gasteiger partial charge in [-0.15, -0.1) is 12.4 Å². The van der Waals surface area contributed by atoms with E-state index in [2.05, 4.69) is 17.1 Å². The van der Waals surface area contributed by atoms with E-state index in [1.165, 1.54) is 6.26 Å². The molecule has 1 aromatic carbocycles. The molecule has 5 nitrogen and oxygen atoms in total. The van der Waals surface area contributed by atoms with Gasteiger partial charge in [-0.05, 0) is 31.2 Å². The average Bonchev–Trinajstić information content (AvgIpc) is 2.40. The smallest absolute Gasteiger partial charge is 0.175 e. The zero-order valence-electron chi connectivity index (χ0n) is 12.4. The summed E-state index contributed by atoms with van der Waals surface area (Å²) in [5.74, 6) is 0.709. The highest BCUT2D eigenvalue weighted by molar-refractivity contribution is 7.90. The van der Waals surface area contributed by atoms with Crippen LogP contribution in [0.3, 0.4) is 0 Å². The van der Waals surface area contributed by atoms with E-state index in [0.717, 1.165) is 26.2 Å². The van der Waals surface area contributed by atoms with Crippen LogP contribution >= 0.6 is 12.4 Å². The number of hydrogen-bond donors (Lipinski definition) is 1. The van der Waals surface area contributed by atoms with Gasteiger partial charge in [0.25, 0.3) is 0 Å². The highest BCUT2D eigenvalue weighted by Crippen LogP contribution is 2.15. The van der Waals surface area contributed by atoms with Crippen molar-refractivity contribution in [2.24, 2.45) is 0 Å². The first-order chi connectivity index (χ1) is 9.47. The molecule has 2 rings (SSSR count). The van der Waals surface area contributed by atoms with Gasteiger partial charge >= 0.3 is 0 Å². The summed E-state index contributed by atoms with van der Waals surface area (Å²) in [5.41, 5.74) is 0. The highest BCUT2D eigenvalue weighted by Gasteiger charge is 2.17. The van der Waals surface area contributed by atoms with E-state index in [1.54, 1.807) is 24.3 Å². The number of piperazine rings is 1. The quantitative estimate of drug-likeness (QED) is 0.876. The van der Waals surface area contributed by atoms with Crippen molar-refractivity contribution in [2.45, 2.75) is 17.9 Å². The molecule has 1 heterocycles. The molecule has 0 spiro atoms. The Morgan fingerprint density at radius 3 is 2.57 bits per heavy atom. The Balaban J connectivity index is 0.00000220. The second-order valence-electron chi connectivity index (χ2n) is 5.18. The Morgan fingerprint density at radius 1 is 1.33 bits per heavy atom. The van der Waals surface area contributed by atoms with Crippen LogP contribution in [-0.4, -0.2) is 58.4 Å². The van der Waals surface area contributed by atoms with Crippen LogP contribution in [0, 0.1) is 0 Å². The Labute approximate surface area is 133 Å². The minimum atomic E-state index is -3.14. The fourth-order valence-corrected chi connectivity index (χ4v) is 2.91. The van der Waals surface area contributed by atoms with Gasteiger partial charge in [0, 0.05) is 38.5 Å². The zero-order valence-corrected chi connectivity index (χ0v) is 14.0. The number of rotatable bonds is 5. The molecule has 0 saturated carbocycles. The monoisotopic (exact) mass is 334 g/mol. The van der Waals surface area contributed by atoms with E-state index >= 15 is 0 Å². The number of ether oxygens (including phenoxy) is 1. The topological polar surface area (TPSA) is 58.6 Å². The van der Waals surface area contributed by atoms with Crippen molar-refractivity contribution < 1.29 is 13.2 Å². The van der Waals surface area contributed by atoms with E-state index in [4.69, 9.17) is 4.74 Å². The van der Waals surface area contributed by atoms with Crippen LogP contribution in [0.15, 0.2) is 29.2 Å². The summed E-state index contributed by atoms with van der Waals surface area (Å²) in [6, 6.07) is 7.10. The van der Waals surface area contributed by atoms with E-state index in [1.807, 2.05) is 0 Å².